The van der Waals surface area contributed by atoms with Gasteiger partial charge in [0.25, 0.3) is 5.91 Å². The number of ether oxygens (including phenoxy) is 1. The first kappa shape index (κ1) is 24.5. The molecule has 0 aromatic heterocycles. The Balaban J connectivity index is 1.51. The van der Waals surface area contributed by atoms with Crippen molar-refractivity contribution in [3.63, 3.8) is 0 Å². The molecule has 1 aliphatic heterocycles. The average Bonchev–Trinajstić information content (AvgIpc) is 3.11. The maximum Gasteiger partial charge on any atom is 0.335 e. The van der Waals surface area contributed by atoms with Crippen LogP contribution in [0.1, 0.15) is 31.8 Å². The van der Waals surface area contributed by atoms with E-state index in [1.807, 2.05) is 12.1 Å². The predicted octanol–water partition coefficient (Wildman–Crippen LogP) is 5.72. The molecule has 2 N–H and O–H groups in total. The molecule has 1 fully saturated rings. The van der Waals surface area contributed by atoms with E-state index in [1.165, 1.54) is 12.1 Å². The molecular weight excluding hydrogens is 510 g/mol. The summed E-state index contributed by atoms with van der Waals surface area (Å²) in [5, 5.41) is 19.3. The molecule has 0 saturated carbocycles. The van der Waals surface area contributed by atoms with Crippen molar-refractivity contribution in [2.45, 2.75) is 6.61 Å². The highest BCUT2D eigenvalue weighted by atomic mass is 35.5. The molecule has 1 amide bonds. The van der Waals surface area contributed by atoms with Crippen molar-refractivity contribution < 1.29 is 29.3 Å². The molecule has 0 radical (unpaired) electrons. The molecule has 35 heavy (non-hydrogen) atoms. The Morgan fingerprint density at radius 3 is 2.14 bits per heavy atom. The summed E-state index contributed by atoms with van der Waals surface area (Å²) < 4.78 is 5.94. The second kappa shape index (κ2) is 10.3. The average molecular weight is 526 g/mol. The Morgan fingerprint density at radius 2 is 1.57 bits per heavy atom. The normalized spacial score (nSPS) is 14.4. The monoisotopic (exact) mass is 525 g/mol. The van der Waals surface area contributed by atoms with Gasteiger partial charge in [-0.2, -0.15) is 0 Å². The number of hydrogen-bond acceptors (Lipinski definition) is 6. The molecule has 0 bridgehead atoms. The minimum atomic E-state index is -1.31. The Hall–Kier alpha value is -3.66. The first-order chi connectivity index (χ1) is 16.7. The van der Waals surface area contributed by atoms with Gasteiger partial charge in [0.15, 0.2) is 4.32 Å². The molecule has 3 aromatic carbocycles. The minimum Gasteiger partial charge on any atom is -0.489 e. The maximum absolute atomic E-state index is 13.1. The fourth-order valence-corrected chi connectivity index (χ4v) is 4.66. The Morgan fingerprint density at radius 1 is 0.971 bits per heavy atom. The van der Waals surface area contributed by atoms with Crippen molar-refractivity contribution in [1.29, 1.82) is 0 Å². The molecule has 0 unspecified atom stereocenters. The lowest BCUT2D eigenvalue weighted by Gasteiger charge is -2.16. The summed E-state index contributed by atoms with van der Waals surface area (Å²) in [6, 6.07) is 17.9. The molecule has 0 spiro atoms. The van der Waals surface area contributed by atoms with Crippen molar-refractivity contribution in [3.8, 4) is 5.75 Å². The van der Waals surface area contributed by atoms with Gasteiger partial charge < -0.3 is 14.9 Å². The highest BCUT2D eigenvalue weighted by molar-refractivity contribution is 8.27. The van der Waals surface area contributed by atoms with Crippen molar-refractivity contribution >= 4 is 69.5 Å². The fraction of sp³-hybridized carbons (Fsp3) is 0.0400. The van der Waals surface area contributed by atoms with Gasteiger partial charge in [0.05, 0.1) is 21.7 Å². The van der Waals surface area contributed by atoms with E-state index in [4.69, 9.17) is 28.6 Å². The van der Waals surface area contributed by atoms with Gasteiger partial charge in [0.2, 0.25) is 0 Å². The van der Waals surface area contributed by atoms with Gasteiger partial charge in [-0.15, -0.1) is 0 Å². The molecule has 3 aromatic rings. The molecule has 4 rings (SSSR count). The smallest absolute Gasteiger partial charge is 0.335 e. The number of nitrogens with zero attached hydrogens (tertiary/aromatic N) is 1. The number of thioether (sulfide) groups is 1. The van der Waals surface area contributed by atoms with Gasteiger partial charge >= 0.3 is 11.9 Å². The van der Waals surface area contributed by atoms with E-state index in [0.717, 1.165) is 33.9 Å². The first-order valence-electron chi connectivity index (χ1n) is 10.1. The fourth-order valence-electron chi connectivity index (χ4n) is 3.24. The maximum atomic E-state index is 13.1. The summed E-state index contributed by atoms with van der Waals surface area (Å²) in [6.07, 6.45) is 1.65. The molecule has 1 heterocycles. The van der Waals surface area contributed by atoms with E-state index >= 15 is 0 Å². The number of carboxylic acids is 2. The topological polar surface area (TPSA) is 104 Å². The van der Waals surface area contributed by atoms with Crippen LogP contribution in [0.5, 0.6) is 5.75 Å². The Bertz CT molecular complexity index is 1340. The Labute approximate surface area is 214 Å². The quantitative estimate of drug-likeness (QED) is 0.298. The number of carbonyl (C=O) groups is 3. The van der Waals surface area contributed by atoms with Crippen LogP contribution in [0.4, 0.5) is 5.69 Å². The third kappa shape index (κ3) is 5.71. The largest absolute Gasteiger partial charge is 0.489 e. The molecule has 7 nitrogen and oxygen atoms in total. The number of halogens is 1. The highest BCUT2D eigenvalue weighted by Crippen LogP contribution is 2.37. The van der Waals surface area contributed by atoms with Crippen molar-refractivity contribution in [2.75, 3.05) is 4.90 Å². The van der Waals surface area contributed by atoms with Crippen LogP contribution in [0, 0.1) is 0 Å². The van der Waals surface area contributed by atoms with E-state index in [9.17, 15) is 24.6 Å². The highest BCUT2D eigenvalue weighted by Gasteiger charge is 2.34. The van der Waals surface area contributed by atoms with Crippen LogP contribution < -0.4 is 9.64 Å². The lowest BCUT2D eigenvalue weighted by atomic mass is 10.1. The van der Waals surface area contributed by atoms with Crippen LogP contribution in [0.25, 0.3) is 6.08 Å². The summed E-state index contributed by atoms with van der Waals surface area (Å²) in [4.78, 5) is 37.3. The van der Waals surface area contributed by atoms with Gasteiger partial charge in [-0.05, 0) is 59.7 Å². The minimum absolute atomic E-state index is 0.0825. The number of carbonyl (C=O) groups excluding carboxylic acids is 1. The lowest BCUT2D eigenvalue weighted by molar-refractivity contribution is -0.113. The van der Waals surface area contributed by atoms with Crippen LogP contribution in [0.15, 0.2) is 71.6 Å². The van der Waals surface area contributed by atoms with Gasteiger partial charge in [-0.1, -0.05) is 59.8 Å². The lowest BCUT2D eigenvalue weighted by Crippen LogP contribution is -2.28. The zero-order valence-corrected chi connectivity index (χ0v) is 20.2. The first-order valence-corrected chi connectivity index (χ1v) is 11.7. The van der Waals surface area contributed by atoms with Crippen LogP contribution in [-0.4, -0.2) is 32.4 Å². The molecule has 0 aliphatic carbocycles. The summed E-state index contributed by atoms with van der Waals surface area (Å²) in [5.41, 5.74) is 1.27. The third-order valence-corrected chi connectivity index (χ3v) is 6.51. The molecule has 1 aliphatic rings. The van der Waals surface area contributed by atoms with Crippen molar-refractivity contribution in [3.05, 3.63) is 98.9 Å². The number of hydrogen-bond donors (Lipinski definition) is 2. The Kier molecular flexibility index (Phi) is 7.20. The van der Waals surface area contributed by atoms with E-state index < -0.39 is 17.8 Å². The van der Waals surface area contributed by atoms with Crippen LogP contribution >= 0.6 is 35.6 Å². The number of aromatic carboxylic acids is 2. The summed E-state index contributed by atoms with van der Waals surface area (Å²) in [5.74, 6) is -2.44. The third-order valence-electron chi connectivity index (χ3n) is 4.96. The number of carboxylic acid groups (broad SMARTS) is 2. The standard InChI is InChI=1S/C25H16ClNO6S2/c26-18-5-1-15(2-6-18)13-33-20-7-3-14(4-8-20)9-21-22(28)27(25(34)35-21)19-11-16(23(29)30)10-17(12-19)24(31)32/h1-12H,13H2,(H,29,30)(H,31,32)/b21-9-. The second-order valence-corrected chi connectivity index (χ2v) is 9.49. The van der Waals surface area contributed by atoms with Gasteiger partial charge in [0.1, 0.15) is 12.4 Å². The number of anilines is 1. The molecule has 176 valence electrons. The van der Waals surface area contributed by atoms with Gasteiger partial charge in [0, 0.05) is 5.02 Å². The number of rotatable bonds is 7. The van der Waals surface area contributed by atoms with E-state index in [1.54, 1.807) is 42.5 Å². The number of thiocarbonyl (C=S) groups is 1. The summed E-state index contributed by atoms with van der Waals surface area (Å²) in [7, 11) is 0. The van der Waals surface area contributed by atoms with E-state index in [-0.39, 0.29) is 21.1 Å². The van der Waals surface area contributed by atoms with Crippen LogP contribution in [-0.2, 0) is 11.4 Å². The SMILES string of the molecule is O=C(O)c1cc(C(=O)O)cc(N2C(=O)/C(=C/c3ccc(OCc4ccc(Cl)cc4)cc3)SC2=S)c1. The second-order valence-electron chi connectivity index (χ2n) is 7.38. The van der Waals surface area contributed by atoms with E-state index in [0.29, 0.717) is 22.3 Å². The number of benzene rings is 3. The van der Waals surface area contributed by atoms with Crippen molar-refractivity contribution in [1.82, 2.24) is 0 Å². The molecule has 10 heteroatoms. The van der Waals surface area contributed by atoms with Crippen LogP contribution in [0.3, 0.4) is 0 Å². The van der Waals surface area contributed by atoms with Crippen molar-refractivity contribution in [2.24, 2.45) is 0 Å². The zero-order valence-electron chi connectivity index (χ0n) is 17.8. The van der Waals surface area contributed by atoms with Crippen LogP contribution in [0.2, 0.25) is 5.02 Å². The summed E-state index contributed by atoms with van der Waals surface area (Å²) in [6.45, 7) is 0.378. The van der Waals surface area contributed by atoms with Gasteiger partial charge in [-0.25, -0.2) is 9.59 Å². The molecule has 1 saturated heterocycles. The summed E-state index contributed by atoms with van der Waals surface area (Å²) >= 11 is 12.3. The molecule has 0 atom stereocenters. The molecular formula is C25H16ClNO6S2. The zero-order chi connectivity index (χ0) is 25.1. The van der Waals surface area contributed by atoms with E-state index in [2.05, 4.69) is 0 Å². The number of amides is 1. The van der Waals surface area contributed by atoms with Gasteiger partial charge in [-0.3, -0.25) is 9.69 Å². The predicted molar refractivity (Wildman–Crippen MR) is 138 cm³/mol.